The SMILES string of the molecule is Cc1ccc(S(=O)(=O)N[C@@H](Cc2ccccc2)C(=O)C(Cl)C(=O)C(Cl)C(=O)[C@H](Cc2ccccc2)NS(=O)(=O)c2ccc(C)cc2)cc1. The summed E-state index contributed by atoms with van der Waals surface area (Å²) in [6.07, 6.45) is -0.315. The van der Waals surface area contributed by atoms with Gasteiger partial charge in [-0.1, -0.05) is 96.1 Å². The van der Waals surface area contributed by atoms with Gasteiger partial charge in [-0.05, 0) is 62.1 Å². The van der Waals surface area contributed by atoms with E-state index in [0.29, 0.717) is 11.1 Å². The number of nitrogens with one attached hydrogen (secondary N) is 2. The molecule has 2 N–H and O–H groups in total. The van der Waals surface area contributed by atoms with E-state index in [9.17, 15) is 31.2 Å². The molecule has 4 aromatic rings. The van der Waals surface area contributed by atoms with Crippen molar-refractivity contribution >= 4 is 60.6 Å². The maximum absolute atomic E-state index is 13.7. The van der Waals surface area contributed by atoms with Gasteiger partial charge in [-0.3, -0.25) is 14.4 Å². The van der Waals surface area contributed by atoms with Gasteiger partial charge in [0.25, 0.3) is 0 Å². The second kappa shape index (κ2) is 16.1. The molecule has 0 aliphatic carbocycles. The van der Waals surface area contributed by atoms with Crippen molar-refractivity contribution in [1.29, 1.82) is 0 Å². The van der Waals surface area contributed by atoms with Crippen LogP contribution in [0.1, 0.15) is 22.3 Å². The molecule has 0 bridgehead atoms. The van der Waals surface area contributed by atoms with Gasteiger partial charge in [0.05, 0.1) is 21.9 Å². The molecular weight excluding hydrogens is 695 g/mol. The summed E-state index contributed by atoms with van der Waals surface area (Å²) in [5, 5.41) is -4.09. The lowest BCUT2D eigenvalue weighted by Gasteiger charge is -2.23. The average molecular weight is 730 g/mol. The zero-order chi connectivity index (χ0) is 35.1. The van der Waals surface area contributed by atoms with E-state index in [1.807, 2.05) is 0 Å². The van der Waals surface area contributed by atoms with Crippen LogP contribution < -0.4 is 9.44 Å². The Hall–Kier alpha value is -3.71. The average Bonchev–Trinajstić information content (AvgIpc) is 3.07. The topological polar surface area (TPSA) is 144 Å². The molecule has 0 heterocycles. The predicted molar refractivity (Wildman–Crippen MR) is 185 cm³/mol. The van der Waals surface area contributed by atoms with Gasteiger partial charge in [-0.25, -0.2) is 26.3 Å². The molecule has 252 valence electrons. The number of Topliss-reactive ketones (excluding diaryl/α,β-unsaturated/α-hetero) is 3. The Morgan fingerprint density at radius 2 is 0.833 bits per heavy atom. The van der Waals surface area contributed by atoms with Gasteiger partial charge < -0.3 is 0 Å². The van der Waals surface area contributed by atoms with E-state index in [0.717, 1.165) is 11.1 Å². The molecule has 48 heavy (non-hydrogen) atoms. The summed E-state index contributed by atoms with van der Waals surface area (Å²) in [5.74, 6) is -3.27. The van der Waals surface area contributed by atoms with E-state index in [1.54, 1.807) is 98.8 Å². The molecule has 0 aliphatic rings. The van der Waals surface area contributed by atoms with Crippen molar-refractivity contribution in [2.24, 2.45) is 0 Å². The van der Waals surface area contributed by atoms with Crippen molar-refractivity contribution in [3.05, 3.63) is 131 Å². The fourth-order valence-electron chi connectivity index (χ4n) is 4.81. The summed E-state index contributed by atoms with van der Waals surface area (Å²) in [5.41, 5.74) is 2.79. The third-order valence-corrected chi connectivity index (χ3v) is 11.3. The first-order valence-corrected chi connectivity index (χ1v) is 18.7. The number of benzene rings is 4. The summed E-state index contributed by atoms with van der Waals surface area (Å²) < 4.78 is 57.8. The minimum absolute atomic E-state index is 0.105. The Balaban J connectivity index is 1.60. The van der Waals surface area contributed by atoms with Gasteiger partial charge in [0.2, 0.25) is 20.0 Å². The number of sulfonamides is 2. The number of aryl methyl sites for hydroxylation is 2. The quantitative estimate of drug-likeness (QED) is 0.126. The minimum Gasteiger partial charge on any atom is -0.296 e. The molecule has 0 amide bonds. The van der Waals surface area contributed by atoms with E-state index in [1.165, 1.54) is 24.3 Å². The van der Waals surface area contributed by atoms with Gasteiger partial charge in [-0.2, -0.15) is 0 Å². The molecule has 2 unspecified atom stereocenters. The number of alkyl halides is 2. The summed E-state index contributed by atoms with van der Waals surface area (Å²) in [7, 11) is -8.50. The molecule has 4 aromatic carbocycles. The van der Waals surface area contributed by atoms with Gasteiger partial charge in [-0.15, -0.1) is 23.2 Å². The van der Waals surface area contributed by atoms with Crippen molar-refractivity contribution in [3.63, 3.8) is 0 Å². The Kier molecular flexibility index (Phi) is 12.5. The standard InChI is InChI=1S/C35H34Cl2N2O7S2/c1-23-13-17-27(18-14-23)47(43,44)38-29(21-25-9-5-3-6-10-25)33(40)31(36)35(42)32(37)34(41)30(22-26-11-7-4-8-12-26)39-48(45,46)28-19-15-24(2)16-20-28/h3-20,29-32,38-39H,21-22H2,1-2H3/t29-,30-,31?,32?/m0/s1. The lowest BCUT2D eigenvalue weighted by Crippen LogP contribution is -2.52. The van der Waals surface area contributed by atoms with Crippen molar-refractivity contribution in [3.8, 4) is 0 Å². The van der Waals surface area contributed by atoms with E-state index in [4.69, 9.17) is 23.2 Å². The first-order chi connectivity index (χ1) is 22.7. The van der Waals surface area contributed by atoms with Crippen molar-refractivity contribution in [1.82, 2.24) is 9.44 Å². The van der Waals surface area contributed by atoms with Crippen LogP contribution in [-0.2, 0) is 47.3 Å². The van der Waals surface area contributed by atoms with Crippen LogP contribution in [0.3, 0.4) is 0 Å². The van der Waals surface area contributed by atoms with Crippen LogP contribution in [0.15, 0.2) is 119 Å². The molecule has 0 saturated carbocycles. The van der Waals surface area contributed by atoms with Crippen LogP contribution in [0, 0.1) is 13.8 Å². The van der Waals surface area contributed by atoms with Gasteiger partial charge >= 0.3 is 0 Å². The molecule has 0 aromatic heterocycles. The third-order valence-electron chi connectivity index (χ3n) is 7.51. The molecule has 9 nitrogen and oxygen atoms in total. The minimum atomic E-state index is -4.25. The van der Waals surface area contributed by atoms with Crippen molar-refractivity contribution < 1.29 is 31.2 Å². The van der Waals surface area contributed by atoms with E-state index < -0.39 is 60.2 Å². The molecule has 0 spiro atoms. The lowest BCUT2D eigenvalue weighted by atomic mass is 9.95. The lowest BCUT2D eigenvalue weighted by molar-refractivity contribution is -0.130. The number of halogens is 2. The molecule has 13 heteroatoms. The number of hydrogen-bond donors (Lipinski definition) is 2. The zero-order valence-electron chi connectivity index (χ0n) is 26.0. The Labute approximate surface area is 290 Å². The molecule has 0 aliphatic heterocycles. The van der Waals surface area contributed by atoms with Gasteiger partial charge in [0, 0.05) is 0 Å². The first kappa shape index (κ1) is 37.1. The second-order valence-electron chi connectivity index (χ2n) is 11.3. The van der Waals surface area contributed by atoms with E-state index in [-0.39, 0.29) is 22.6 Å². The molecule has 4 rings (SSSR count). The number of ketones is 3. The summed E-state index contributed by atoms with van der Waals surface area (Å²) in [6.45, 7) is 3.58. The Bertz CT molecular complexity index is 1810. The van der Waals surface area contributed by atoms with Crippen LogP contribution in [-0.4, -0.2) is 57.0 Å². The van der Waals surface area contributed by atoms with E-state index >= 15 is 0 Å². The number of carbonyl (C=O) groups is 3. The van der Waals surface area contributed by atoms with Crippen LogP contribution in [0.4, 0.5) is 0 Å². The number of carbonyl (C=O) groups excluding carboxylic acids is 3. The summed E-state index contributed by atoms with van der Waals surface area (Å²) in [6, 6.07) is 25.9. The van der Waals surface area contributed by atoms with Gasteiger partial charge in [0.15, 0.2) is 28.1 Å². The van der Waals surface area contributed by atoms with Crippen LogP contribution in [0.5, 0.6) is 0 Å². The molecule has 0 fully saturated rings. The summed E-state index contributed by atoms with van der Waals surface area (Å²) in [4.78, 5) is 40.8. The predicted octanol–water partition coefficient (Wildman–Crippen LogP) is 4.70. The normalized spacial score (nSPS) is 14.4. The highest BCUT2D eigenvalue weighted by Crippen LogP contribution is 2.20. The maximum atomic E-state index is 13.7. The Morgan fingerprint density at radius 1 is 0.521 bits per heavy atom. The van der Waals surface area contributed by atoms with Crippen molar-refractivity contribution in [2.45, 2.75) is 59.3 Å². The molecule has 0 saturated heterocycles. The first-order valence-electron chi connectivity index (χ1n) is 14.8. The largest absolute Gasteiger partial charge is 0.296 e. The zero-order valence-corrected chi connectivity index (χ0v) is 29.2. The third kappa shape index (κ3) is 9.68. The fraction of sp³-hybridized carbons (Fsp3) is 0.229. The highest BCUT2D eigenvalue weighted by atomic mass is 35.5. The van der Waals surface area contributed by atoms with Gasteiger partial charge in [0.1, 0.15) is 0 Å². The summed E-state index contributed by atoms with van der Waals surface area (Å²) >= 11 is 12.8. The fourth-order valence-corrected chi connectivity index (χ4v) is 7.84. The smallest absolute Gasteiger partial charge is 0.241 e. The van der Waals surface area contributed by atoms with Crippen LogP contribution in [0.25, 0.3) is 0 Å². The monoisotopic (exact) mass is 728 g/mol. The Morgan fingerprint density at radius 3 is 1.15 bits per heavy atom. The van der Waals surface area contributed by atoms with Crippen LogP contribution >= 0.6 is 23.2 Å². The highest BCUT2D eigenvalue weighted by molar-refractivity contribution is 7.89. The second-order valence-corrected chi connectivity index (χ2v) is 15.6. The van der Waals surface area contributed by atoms with Crippen LogP contribution in [0.2, 0.25) is 0 Å². The molecule has 0 radical (unpaired) electrons. The number of hydrogen-bond acceptors (Lipinski definition) is 7. The van der Waals surface area contributed by atoms with Crippen molar-refractivity contribution in [2.75, 3.05) is 0 Å². The maximum Gasteiger partial charge on any atom is 0.241 e. The highest BCUT2D eigenvalue weighted by Gasteiger charge is 2.41. The molecular formula is C35H34Cl2N2O7S2. The molecule has 4 atom stereocenters. The number of rotatable bonds is 16. The van der Waals surface area contributed by atoms with E-state index in [2.05, 4.69) is 9.44 Å².